The van der Waals surface area contributed by atoms with Gasteiger partial charge in [-0.25, -0.2) is 0 Å². The zero-order valence-corrected chi connectivity index (χ0v) is 23.1. The summed E-state index contributed by atoms with van der Waals surface area (Å²) in [6.07, 6.45) is -2.74. The summed E-state index contributed by atoms with van der Waals surface area (Å²) >= 11 is 6.59. The second-order valence-corrected chi connectivity index (χ2v) is 9.35. The number of rotatable bonds is 9. The van der Waals surface area contributed by atoms with Gasteiger partial charge in [-0.2, -0.15) is 0 Å². The summed E-state index contributed by atoms with van der Waals surface area (Å²) in [6.45, 7) is 1.92. The molecule has 1 aliphatic heterocycles. The molecule has 10 heteroatoms. The first-order valence-electron chi connectivity index (χ1n) is 12.1. The highest BCUT2D eigenvalue weighted by atomic mass is 35.5. The number of benzene rings is 3. The number of carbonyl (C=O) groups is 2. The van der Waals surface area contributed by atoms with Crippen molar-refractivity contribution in [1.82, 2.24) is 0 Å². The number of halogens is 1. The van der Waals surface area contributed by atoms with Crippen LogP contribution in [0.2, 0.25) is 5.02 Å². The SMILES string of the molecule is COc1ccc(CN2C(=O)[C@H](CC(=O)O)O[C@@H](c3cccc(OC)c3OC)c3cc(Cl)c(C)cc32)c(OC)c1. The molecular weight excluding hydrogens is 526 g/mol. The van der Waals surface area contributed by atoms with E-state index in [9.17, 15) is 14.7 Å². The predicted octanol–water partition coefficient (Wildman–Crippen LogP) is 5.18. The van der Waals surface area contributed by atoms with E-state index >= 15 is 0 Å². The lowest BCUT2D eigenvalue weighted by atomic mass is 9.96. The molecule has 3 aromatic carbocycles. The number of carboxylic acid groups (broad SMARTS) is 1. The summed E-state index contributed by atoms with van der Waals surface area (Å²) in [6, 6.07) is 14.1. The number of hydrogen-bond acceptors (Lipinski definition) is 7. The maximum atomic E-state index is 14.0. The Hall–Kier alpha value is -3.95. The molecule has 39 heavy (non-hydrogen) atoms. The molecule has 1 aliphatic rings. The third-order valence-corrected chi connectivity index (χ3v) is 7.03. The van der Waals surface area contributed by atoms with E-state index < -0.39 is 30.5 Å². The van der Waals surface area contributed by atoms with Gasteiger partial charge in [0.2, 0.25) is 0 Å². The Kier molecular flexibility index (Phi) is 8.52. The molecule has 0 aromatic heterocycles. The van der Waals surface area contributed by atoms with E-state index in [4.69, 9.17) is 35.3 Å². The molecule has 0 fully saturated rings. The van der Waals surface area contributed by atoms with E-state index in [-0.39, 0.29) is 6.54 Å². The molecule has 1 heterocycles. The van der Waals surface area contributed by atoms with E-state index in [1.807, 2.05) is 6.92 Å². The monoisotopic (exact) mass is 555 g/mol. The molecule has 206 valence electrons. The Labute approximate surface area is 231 Å². The van der Waals surface area contributed by atoms with Gasteiger partial charge in [0.25, 0.3) is 5.91 Å². The second kappa shape index (κ2) is 11.8. The third-order valence-electron chi connectivity index (χ3n) is 6.62. The Morgan fingerprint density at radius 1 is 0.974 bits per heavy atom. The minimum atomic E-state index is -1.31. The minimum Gasteiger partial charge on any atom is -0.497 e. The number of carbonyl (C=O) groups excluding carboxylic acids is 1. The lowest BCUT2D eigenvalue weighted by Crippen LogP contribution is -2.40. The molecule has 4 rings (SSSR count). The highest BCUT2D eigenvalue weighted by molar-refractivity contribution is 6.31. The number of aryl methyl sites for hydroxylation is 1. The molecule has 0 saturated carbocycles. The number of amides is 1. The summed E-state index contributed by atoms with van der Waals surface area (Å²) < 4.78 is 28.4. The van der Waals surface area contributed by atoms with Gasteiger partial charge >= 0.3 is 5.97 Å². The summed E-state index contributed by atoms with van der Waals surface area (Å²) in [5, 5.41) is 10.2. The van der Waals surface area contributed by atoms with Crippen molar-refractivity contribution in [2.75, 3.05) is 33.3 Å². The van der Waals surface area contributed by atoms with Gasteiger partial charge in [0.1, 0.15) is 23.7 Å². The van der Waals surface area contributed by atoms with Crippen LogP contribution in [0.15, 0.2) is 48.5 Å². The predicted molar refractivity (Wildman–Crippen MR) is 145 cm³/mol. The van der Waals surface area contributed by atoms with Crippen molar-refractivity contribution in [2.45, 2.75) is 32.1 Å². The number of anilines is 1. The number of fused-ring (bicyclic) bond motifs is 1. The lowest BCUT2D eigenvalue weighted by Gasteiger charge is -2.26. The lowest BCUT2D eigenvalue weighted by molar-refractivity contribution is -0.147. The van der Waals surface area contributed by atoms with Crippen LogP contribution in [0, 0.1) is 6.92 Å². The van der Waals surface area contributed by atoms with Crippen molar-refractivity contribution in [3.63, 3.8) is 0 Å². The number of ether oxygens (including phenoxy) is 5. The molecule has 9 nitrogen and oxygen atoms in total. The van der Waals surface area contributed by atoms with Crippen LogP contribution in [-0.4, -0.2) is 51.5 Å². The van der Waals surface area contributed by atoms with Crippen LogP contribution in [0.1, 0.15) is 34.8 Å². The first kappa shape index (κ1) is 28.1. The zero-order chi connectivity index (χ0) is 28.3. The molecule has 3 aromatic rings. The van der Waals surface area contributed by atoms with Crippen LogP contribution in [0.25, 0.3) is 0 Å². The van der Waals surface area contributed by atoms with Crippen molar-refractivity contribution >= 4 is 29.2 Å². The maximum Gasteiger partial charge on any atom is 0.306 e. The molecule has 1 amide bonds. The molecule has 0 radical (unpaired) electrons. The average Bonchev–Trinajstić information content (AvgIpc) is 3.03. The fraction of sp³-hybridized carbons (Fsp3) is 0.310. The first-order chi connectivity index (χ1) is 18.7. The number of para-hydroxylation sites is 1. The largest absolute Gasteiger partial charge is 0.497 e. The van der Waals surface area contributed by atoms with Crippen LogP contribution in [0.5, 0.6) is 23.0 Å². The fourth-order valence-corrected chi connectivity index (χ4v) is 4.86. The van der Waals surface area contributed by atoms with Crippen molar-refractivity contribution in [1.29, 1.82) is 0 Å². The van der Waals surface area contributed by atoms with Crippen LogP contribution < -0.4 is 23.8 Å². The third kappa shape index (κ3) is 5.60. The summed E-state index contributed by atoms with van der Waals surface area (Å²) in [4.78, 5) is 27.4. The first-order valence-corrected chi connectivity index (χ1v) is 12.5. The van der Waals surface area contributed by atoms with Gasteiger partial charge in [-0.3, -0.25) is 9.59 Å². The Morgan fingerprint density at radius 3 is 2.36 bits per heavy atom. The summed E-state index contributed by atoms with van der Waals surface area (Å²) in [5.74, 6) is 0.288. The molecule has 0 spiro atoms. The quantitative estimate of drug-likeness (QED) is 0.385. The second-order valence-electron chi connectivity index (χ2n) is 8.95. The minimum absolute atomic E-state index is 0.0848. The molecule has 0 saturated heterocycles. The standard InChI is InChI=1S/C29H30ClNO8/c1-16-11-22-20(13-21(16)30)27(19-7-6-8-23(36-3)28(19)38-5)39-25(14-26(32)33)29(34)31(22)15-17-9-10-18(35-2)12-24(17)37-4/h6-13,25,27H,14-15H2,1-5H3,(H,32,33)/t25-,27-/m0/s1. The van der Waals surface area contributed by atoms with E-state index in [2.05, 4.69) is 0 Å². The Balaban J connectivity index is 1.95. The van der Waals surface area contributed by atoms with Gasteiger partial charge in [0.15, 0.2) is 11.5 Å². The zero-order valence-electron chi connectivity index (χ0n) is 22.3. The van der Waals surface area contributed by atoms with Crippen LogP contribution in [0.4, 0.5) is 5.69 Å². The van der Waals surface area contributed by atoms with Crippen molar-refractivity contribution in [3.8, 4) is 23.0 Å². The van der Waals surface area contributed by atoms with Gasteiger partial charge in [-0.1, -0.05) is 23.7 Å². The number of hydrogen-bond donors (Lipinski definition) is 1. The van der Waals surface area contributed by atoms with Gasteiger partial charge in [0.05, 0.1) is 47.1 Å². The summed E-state index contributed by atoms with van der Waals surface area (Å²) in [5.41, 5.74) is 3.10. The molecule has 2 atom stereocenters. The normalized spacial score (nSPS) is 16.8. The average molecular weight is 556 g/mol. The van der Waals surface area contributed by atoms with Crippen LogP contribution in [0.3, 0.4) is 0 Å². The highest BCUT2D eigenvalue weighted by Gasteiger charge is 2.39. The van der Waals surface area contributed by atoms with Crippen molar-refractivity contribution in [2.24, 2.45) is 0 Å². The van der Waals surface area contributed by atoms with Gasteiger partial charge in [0, 0.05) is 27.8 Å². The number of aliphatic carboxylic acids is 1. The number of carboxylic acids is 1. The van der Waals surface area contributed by atoms with Crippen molar-refractivity contribution < 1.29 is 38.4 Å². The van der Waals surface area contributed by atoms with E-state index in [1.54, 1.807) is 55.6 Å². The maximum absolute atomic E-state index is 14.0. The van der Waals surface area contributed by atoms with Gasteiger partial charge in [-0.05, 0) is 42.8 Å². The Bertz CT molecular complexity index is 1390. The van der Waals surface area contributed by atoms with Gasteiger partial charge in [-0.15, -0.1) is 0 Å². The number of methoxy groups -OCH3 is 4. The molecule has 0 bridgehead atoms. The van der Waals surface area contributed by atoms with Crippen LogP contribution in [-0.2, 0) is 20.9 Å². The molecular formula is C29H30ClNO8. The fourth-order valence-electron chi connectivity index (χ4n) is 4.68. The highest BCUT2D eigenvalue weighted by Crippen LogP contribution is 2.46. The van der Waals surface area contributed by atoms with E-state index in [0.29, 0.717) is 50.4 Å². The molecule has 0 aliphatic carbocycles. The molecule has 1 N–H and O–H groups in total. The number of nitrogens with zero attached hydrogens (tertiary/aromatic N) is 1. The summed E-state index contributed by atoms with van der Waals surface area (Å²) in [7, 11) is 6.10. The van der Waals surface area contributed by atoms with E-state index in [0.717, 1.165) is 5.56 Å². The van der Waals surface area contributed by atoms with Crippen LogP contribution >= 0.6 is 11.6 Å². The Morgan fingerprint density at radius 2 is 1.72 bits per heavy atom. The van der Waals surface area contributed by atoms with E-state index in [1.165, 1.54) is 26.2 Å². The van der Waals surface area contributed by atoms with Gasteiger partial charge < -0.3 is 33.7 Å². The smallest absolute Gasteiger partial charge is 0.306 e. The van der Waals surface area contributed by atoms with Crippen molar-refractivity contribution in [3.05, 3.63) is 75.8 Å². The topological polar surface area (TPSA) is 104 Å². The molecule has 0 unspecified atom stereocenters.